The highest BCUT2D eigenvalue weighted by molar-refractivity contribution is 7.21. The van der Waals surface area contributed by atoms with Crippen molar-refractivity contribution in [3.05, 3.63) is 34.5 Å². The number of halogens is 1. The summed E-state index contributed by atoms with van der Waals surface area (Å²) in [6, 6.07) is 4.44. The molecule has 0 saturated carbocycles. The number of carboxylic acid groups (broad SMARTS) is 1. The molecule has 2 nitrogen and oxygen atoms in total. The Balaban J connectivity index is 2.68. The number of hydrogen-bond acceptors (Lipinski definition) is 2. The highest BCUT2D eigenvalue weighted by Crippen LogP contribution is 2.33. The van der Waals surface area contributed by atoms with Crippen molar-refractivity contribution in [1.29, 1.82) is 0 Å². The van der Waals surface area contributed by atoms with Crippen LogP contribution in [0.25, 0.3) is 10.1 Å². The third-order valence-corrected chi connectivity index (χ3v) is 3.76. The largest absolute Gasteiger partial charge is 0.477 e. The van der Waals surface area contributed by atoms with Gasteiger partial charge in [0, 0.05) is 4.70 Å². The molecule has 4 heteroatoms. The predicted molar refractivity (Wildman–Crippen MR) is 67.3 cm³/mol. The summed E-state index contributed by atoms with van der Waals surface area (Å²) in [6.07, 6.45) is 0.658. The molecule has 0 saturated heterocycles. The van der Waals surface area contributed by atoms with Gasteiger partial charge in [-0.3, -0.25) is 0 Å². The molecule has 0 fully saturated rings. The summed E-state index contributed by atoms with van der Waals surface area (Å²) >= 11 is 1.22. The quantitative estimate of drug-likeness (QED) is 0.898. The van der Waals surface area contributed by atoms with Crippen LogP contribution in [0.5, 0.6) is 0 Å². The average Bonchev–Trinajstić information content (AvgIpc) is 2.56. The number of carboxylic acids is 1. The predicted octanol–water partition coefficient (Wildman–Crippen LogP) is 3.94. The molecule has 0 radical (unpaired) electrons. The van der Waals surface area contributed by atoms with Gasteiger partial charge in [0.1, 0.15) is 10.7 Å². The fourth-order valence-electron chi connectivity index (χ4n) is 1.90. The molecular weight excluding hydrogens is 239 g/mol. The van der Waals surface area contributed by atoms with Gasteiger partial charge < -0.3 is 5.11 Å². The molecule has 1 aromatic carbocycles. The zero-order valence-electron chi connectivity index (χ0n) is 9.66. The first kappa shape index (κ1) is 12.0. The molecule has 0 atom stereocenters. The molecule has 0 aliphatic rings. The Morgan fingerprint density at radius 3 is 2.76 bits per heavy atom. The van der Waals surface area contributed by atoms with Gasteiger partial charge in [0.25, 0.3) is 0 Å². The Labute approximate surface area is 103 Å². The van der Waals surface area contributed by atoms with Crippen molar-refractivity contribution in [2.24, 2.45) is 5.92 Å². The Morgan fingerprint density at radius 1 is 1.47 bits per heavy atom. The molecule has 1 heterocycles. The van der Waals surface area contributed by atoms with Crippen molar-refractivity contribution >= 4 is 27.4 Å². The van der Waals surface area contributed by atoms with Crippen LogP contribution in [0.4, 0.5) is 4.39 Å². The lowest BCUT2D eigenvalue weighted by molar-refractivity contribution is 0.0701. The van der Waals surface area contributed by atoms with Gasteiger partial charge in [-0.25, -0.2) is 9.18 Å². The van der Waals surface area contributed by atoms with E-state index in [0.29, 0.717) is 17.2 Å². The summed E-state index contributed by atoms with van der Waals surface area (Å²) in [5.41, 5.74) is 0.756. The molecule has 0 aliphatic heterocycles. The Hall–Kier alpha value is -1.42. The summed E-state index contributed by atoms with van der Waals surface area (Å²) in [5, 5.41) is 9.90. The third-order valence-electron chi connectivity index (χ3n) is 2.56. The fourth-order valence-corrected chi connectivity index (χ4v) is 2.96. The Bertz CT molecular complexity index is 572. The van der Waals surface area contributed by atoms with E-state index < -0.39 is 5.97 Å². The molecule has 0 amide bonds. The summed E-state index contributed by atoms with van der Waals surface area (Å²) in [7, 11) is 0. The van der Waals surface area contributed by atoms with Gasteiger partial charge in [0.05, 0.1) is 0 Å². The van der Waals surface area contributed by atoms with Crippen LogP contribution >= 0.6 is 11.3 Å². The van der Waals surface area contributed by atoms with Gasteiger partial charge in [-0.15, -0.1) is 11.3 Å². The number of carbonyl (C=O) groups is 1. The smallest absolute Gasteiger partial charge is 0.346 e. The molecule has 0 spiro atoms. The van der Waals surface area contributed by atoms with Crippen LogP contribution in [0.1, 0.15) is 29.1 Å². The maximum absolute atomic E-state index is 13.2. The number of fused-ring (bicyclic) bond motifs is 1. The lowest BCUT2D eigenvalue weighted by Crippen LogP contribution is -2.01. The zero-order chi connectivity index (χ0) is 12.6. The van der Waals surface area contributed by atoms with Gasteiger partial charge in [-0.05, 0) is 41.5 Å². The molecule has 17 heavy (non-hydrogen) atoms. The summed E-state index contributed by atoms with van der Waals surface area (Å²) in [4.78, 5) is 11.5. The first-order chi connectivity index (χ1) is 7.99. The molecule has 90 valence electrons. The molecule has 0 bridgehead atoms. The molecular formula is C13H13FO2S. The molecule has 1 aromatic heterocycles. The average molecular weight is 252 g/mol. The minimum Gasteiger partial charge on any atom is -0.477 e. The highest BCUT2D eigenvalue weighted by Gasteiger charge is 2.18. The maximum atomic E-state index is 13.2. The highest BCUT2D eigenvalue weighted by atomic mass is 32.1. The summed E-state index contributed by atoms with van der Waals surface area (Å²) < 4.78 is 14.1. The van der Waals surface area contributed by atoms with E-state index >= 15 is 0 Å². The first-order valence-corrected chi connectivity index (χ1v) is 6.25. The van der Waals surface area contributed by atoms with Crippen LogP contribution in [0.15, 0.2) is 18.2 Å². The van der Waals surface area contributed by atoms with Crippen molar-refractivity contribution < 1.29 is 14.3 Å². The normalized spacial score (nSPS) is 11.3. The number of aromatic carboxylic acids is 1. The fraction of sp³-hybridized carbons (Fsp3) is 0.308. The van der Waals surface area contributed by atoms with E-state index in [0.717, 1.165) is 15.6 Å². The second kappa shape index (κ2) is 4.45. The van der Waals surface area contributed by atoms with E-state index in [4.69, 9.17) is 5.11 Å². The van der Waals surface area contributed by atoms with Gasteiger partial charge >= 0.3 is 5.97 Å². The molecule has 1 N–H and O–H groups in total. The van der Waals surface area contributed by atoms with Crippen LogP contribution < -0.4 is 0 Å². The first-order valence-electron chi connectivity index (χ1n) is 5.43. The van der Waals surface area contributed by atoms with E-state index in [9.17, 15) is 9.18 Å². The Morgan fingerprint density at radius 2 is 2.18 bits per heavy atom. The van der Waals surface area contributed by atoms with Crippen LogP contribution in [-0.2, 0) is 6.42 Å². The van der Waals surface area contributed by atoms with E-state index in [-0.39, 0.29) is 5.82 Å². The lowest BCUT2D eigenvalue weighted by Gasteiger charge is -2.05. The number of benzene rings is 1. The van der Waals surface area contributed by atoms with E-state index in [1.54, 1.807) is 6.07 Å². The lowest BCUT2D eigenvalue weighted by atomic mass is 10.00. The van der Waals surface area contributed by atoms with Gasteiger partial charge in [0.2, 0.25) is 0 Å². The van der Waals surface area contributed by atoms with E-state index in [1.165, 1.54) is 23.5 Å². The number of thiophene rings is 1. The van der Waals surface area contributed by atoms with E-state index in [1.807, 2.05) is 13.8 Å². The van der Waals surface area contributed by atoms with Gasteiger partial charge in [-0.1, -0.05) is 13.8 Å². The monoisotopic (exact) mass is 252 g/mol. The topological polar surface area (TPSA) is 37.3 Å². The van der Waals surface area contributed by atoms with Crippen molar-refractivity contribution in [3.63, 3.8) is 0 Å². The summed E-state index contributed by atoms with van der Waals surface area (Å²) in [6.45, 7) is 4.04. The van der Waals surface area contributed by atoms with Crippen LogP contribution in [0.3, 0.4) is 0 Å². The van der Waals surface area contributed by atoms with Crippen molar-refractivity contribution in [1.82, 2.24) is 0 Å². The summed E-state index contributed by atoms with van der Waals surface area (Å²) in [5.74, 6) is -0.909. The maximum Gasteiger partial charge on any atom is 0.346 e. The van der Waals surface area contributed by atoms with Crippen molar-refractivity contribution in [3.8, 4) is 0 Å². The molecule has 2 aromatic rings. The standard InChI is InChI=1S/C13H13FO2S/c1-7(2)5-10-9-6-8(14)3-4-11(9)17-12(10)13(15)16/h3-4,6-7H,5H2,1-2H3,(H,15,16). The van der Waals surface area contributed by atoms with Crippen molar-refractivity contribution in [2.75, 3.05) is 0 Å². The van der Waals surface area contributed by atoms with E-state index in [2.05, 4.69) is 0 Å². The van der Waals surface area contributed by atoms with Crippen LogP contribution in [0.2, 0.25) is 0 Å². The minimum atomic E-state index is -0.928. The van der Waals surface area contributed by atoms with Crippen LogP contribution in [-0.4, -0.2) is 11.1 Å². The minimum absolute atomic E-state index is 0.322. The van der Waals surface area contributed by atoms with Gasteiger partial charge in [-0.2, -0.15) is 0 Å². The third kappa shape index (κ3) is 2.31. The van der Waals surface area contributed by atoms with Crippen LogP contribution in [0, 0.1) is 11.7 Å². The number of hydrogen-bond donors (Lipinski definition) is 1. The molecule has 0 unspecified atom stereocenters. The SMILES string of the molecule is CC(C)Cc1c(C(=O)O)sc2ccc(F)cc12. The second-order valence-electron chi connectivity index (χ2n) is 4.45. The molecule has 2 rings (SSSR count). The van der Waals surface area contributed by atoms with Crippen molar-refractivity contribution in [2.45, 2.75) is 20.3 Å². The zero-order valence-corrected chi connectivity index (χ0v) is 10.5. The second-order valence-corrected chi connectivity index (χ2v) is 5.51. The number of rotatable bonds is 3. The Kier molecular flexibility index (Phi) is 3.15. The van der Waals surface area contributed by atoms with Gasteiger partial charge in [0.15, 0.2) is 0 Å². The molecule has 0 aliphatic carbocycles.